The fourth-order valence-corrected chi connectivity index (χ4v) is 3.30. The molecule has 1 saturated heterocycles. The minimum Gasteiger partial charge on any atom is -0.489 e. The lowest BCUT2D eigenvalue weighted by atomic mass is 10.1. The Kier molecular flexibility index (Phi) is 6.26. The Balaban J connectivity index is 1.33. The Labute approximate surface area is 182 Å². The van der Waals surface area contributed by atoms with E-state index in [-0.39, 0.29) is 30.3 Å². The smallest absolute Gasteiger partial charge is 0.303 e. The van der Waals surface area contributed by atoms with Gasteiger partial charge in [-0.15, -0.1) is 20.4 Å². The summed E-state index contributed by atoms with van der Waals surface area (Å²) in [6, 6.07) is 7.65. The van der Waals surface area contributed by atoms with Gasteiger partial charge in [0.2, 0.25) is 0 Å². The van der Waals surface area contributed by atoms with Gasteiger partial charge in [0.25, 0.3) is 11.8 Å². The van der Waals surface area contributed by atoms with Gasteiger partial charge in [-0.2, -0.15) is 0 Å². The lowest BCUT2D eigenvalue weighted by molar-refractivity contribution is -0.142. The molecule has 3 aromatic rings. The van der Waals surface area contributed by atoms with E-state index < -0.39 is 5.97 Å². The normalized spacial score (nSPS) is 14.5. The zero-order valence-corrected chi connectivity index (χ0v) is 17.4. The molecule has 0 unspecified atom stereocenters. The number of halogens is 2. The van der Waals surface area contributed by atoms with Crippen LogP contribution in [-0.4, -0.2) is 45.6 Å². The van der Waals surface area contributed by atoms with Gasteiger partial charge in [0.1, 0.15) is 23.4 Å². The molecule has 0 N–H and O–H groups in total. The quantitative estimate of drug-likeness (QED) is 0.525. The second kappa shape index (κ2) is 9.25. The molecule has 0 aliphatic carbocycles. The van der Waals surface area contributed by atoms with Gasteiger partial charge in [0.15, 0.2) is 12.4 Å². The van der Waals surface area contributed by atoms with Gasteiger partial charge < -0.3 is 18.8 Å². The molecule has 1 aliphatic heterocycles. The van der Waals surface area contributed by atoms with Crippen LogP contribution in [0.3, 0.4) is 0 Å². The Morgan fingerprint density at radius 3 is 2.71 bits per heavy atom. The third-order valence-corrected chi connectivity index (χ3v) is 5.00. The number of benzene rings is 1. The minimum absolute atomic E-state index is 0.0585. The van der Waals surface area contributed by atoms with E-state index in [0.29, 0.717) is 35.4 Å². The summed E-state index contributed by atoms with van der Waals surface area (Å²) in [5.74, 6) is 0.628. The van der Waals surface area contributed by atoms with Crippen LogP contribution in [0, 0.1) is 5.82 Å². The van der Waals surface area contributed by atoms with Crippen molar-refractivity contribution >= 4 is 23.4 Å². The molecular weight excluding hydrogens is 429 g/mol. The highest BCUT2D eigenvalue weighted by atomic mass is 35.5. The number of piperidine rings is 1. The van der Waals surface area contributed by atoms with E-state index in [1.54, 1.807) is 6.07 Å². The molecule has 1 aromatic carbocycles. The molecule has 1 fully saturated rings. The summed E-state index contributed by atoms with van der Waals surface area (Å²) in [6.45, 7) is 2.62. The molecule has 0 radical (unpaired) electrons. The molecule has 3 heterocycles. The number of anilines is 1. The predicted octanol–water partition coefficient (Wildman–Crippen LogP) is 3.43. The standard InChI is InChI=1S/C20H19ClFN5O4/c1-12(28)29-11-19-25-26-20(31-19)16-4-5-18(24-23-16)27-8-6-14(7-9-27)30-17-10-13(22)2-3-15(17)21/h2-5,10,14H,6-9,11H2,1H3. The number of rotatable bonds is 6. The molecule has 0 spiro atoms. The number of carbonyl (C=O) groups excluding carboxylic acids is 1. The fraction of sp³-hybridized carbons (Fsp3) is 0.350. The highest BCUT2D eigenvalue weighted by Gasteiger charge is 2.23. The average molecular weight is 448 g/mol. The SMILES string of the molecule is CC(=O)OCc1nnc(-c2ccc(N3CCC(Oc4cc(F)ccc4Cl)CC3)nn2)o1. The van der Waals surface area contributed by atoms with Gasteiger partial charge in [-0.1, -0.05) is 11.6 Å². The van der Waals surface area contributed by atoms with Gasteiger partial charge in [0.05, 0.1) is 5.02 Å². The van der Waals surface area contributed by atoms with Crippen LogP contribution >= 0.6 is 11.6 Å². The number of hydrogen-bond donors (Lipinski definition) is 0. The summed E-state index contributed by atoms with van der Waals surface area (Å²) in [7, 11) is 0. The largest absolute Gasteiger partial charge is 0.489 e. The van der Waals surface area contributed by atoms with Crippen molar-refractivity contribution in [2.75, 3.05) is 18.0 Å². The third kappa shape index (κ3) is 5.26. The van der Waals surface area contributed by atoms with Crippen LogP contribution in [0.1, 0.15) is 25.7 Å². The van der Waals surface area contributed by atoms with E-state index in [1.807, 2.05) is 6.07 Å². The molecule has 31 heavy (non-hydrogen) atoms. The first kappa shape index (κ1) is 21.0. The van der Waals surface area contributed by atoms with Gasteiger partial charge in [-0.3, -0.25) is 4.79 Å². The van der Waals surface area contributed by atoms with Gasteiger partial charge in [-0.05, 0) is 24.3 Å². The summed E-state index contributed by atoms with van der Waals surface area (Å²) in [5.41, 5.74) is 0.421. The molecule has 0 bridgehead atoms. The number of aromatic nitrogens is 4. The first-order chi connectivity index (χ1) is 15.0. The van der Waals surface area contributed by atoms with Gasteiger partial charge >= 0.3 is 5.97 Å². The number of hydrogen-bond acceptors (Lipinski definition) is 9. The van der Waals surface area contributed by atoms with Crippen LogP contribution in [0.25, 0.3) is 11.6 Å². The van der Waals surface area contributed by atoms with E-state index in [2.05, 4.69) is 25.3 Å². The van der Waals surface area contributed by atoms with Crippen molar-refractivity contribution < 1.29 is 23.1 Å². The first-order valence-electron chi connectivity index (χ1n) is 9.64. The molecule has 9 nitrogen and oxygen atoms in total. The molecule has 162 valence electrons. The number of esters is 1. The lowest BCUT2D eigenvalue weighted by Gasteiger charge is -2.32. The Bertz CT molecular complexity index is 1050. The zero-order valence-electron chi connectivity index (χ0n) is 16.6. The topological polar surface area (TPSA) is 103 Å². The van der Waals surface area contributed by atoms with Crippen LogP contribution in [0.15, 0.2) is 34.7 Å². The molecule has 11 heteroatoms. The molecule has 0 amide bonds. The van der Waals surface area contributed by atoms with Gasteiger partial charge in [0, 0.05) is 38.9 Å². The Hall–Kier alpha value is -3.27. The monoisotopic (exact) mass is 447 g/mol. The van der Waals surface area contributed by atoms with Crippen LogP contribution in [0.2, 0.25) is 5.02 Å². The molecular formula is C20H19ClFN5O4. The molecule has 0 atom stereocenters. The summed E-state index contributed by atoms with van der Waals surface area (Å²) in [6.07, 6.45) is 1.41. The second-order valence-corrected chi connectivity index (χ2v) is 7.34. The van der Waals surface area contributed by atoms with Crippen molar-refractivity contribution in [2.45, 2.75) is 32.5 Å². The van der Waals surface area contributed by atoms with Crippen molar-refractivity contribution in [3.8, 4) is 17.3 Å². The van der Waals surface area contributed by atoms with Crippen molar-refractivity contribution in [3.05, 3.63) is 47.1 Å². The lowest BCUT2D eigenvalue weighted by Crippen LogP contribution is -2.38. The van der Waals surface area contributed by atoms with Crippen molar-refractivity contribution in [2.24, 2.45) is 0 Å². The minimum atomic E-state index is -0.433. The summed E-state index contributed by atoms with van der Waals surface area (Å²) in [4.78, 5) is 12.9. The maximum absolute atomic E-state index is 13.4. The average Bonchev–Trinajstić information content (AvgIpc) is 3.25. The summed E-state index contributed by atoms with van der Waals surface area (Å²) >= 11 is 6.08. The van der Waals surface area contributed by atoms with Crippen molar-refractivity contribution in [3.63, 3.8) is 0 Å². The summed E-state index contributed by atoms with van der Waals surface area (Å²) < 4.78 is 29.5. The molecule has 2 aromatic heterocycles. The summed E-state index contributed by atoms with van der Waals surface area (Å²) in [5, 5.41) is 16.5. The second-order valence-electron chi connectivity index (χ2n) is 6.94. The Morgan fingerprint density at radius 1 is 1.19 bits per heavy atom. The molecule has 1 aliphatic rings. The van der Waals surface area contributed by atoms with Crippen molar-refractivity contribution in [1.29, 1.82) is 0 Å². The number of ether oxygens (including phenoxy) is 2. The predicted molar refractivity (Wildman–Crippen MR) is 108 cm³/mol. The Morgan fingerprint density at radius 2 is 2.00 bits per heavy atom. The molecule has 4 rings (SSSR count). The molecule has 0 saturated carbocycles. The fourth-order valence-electron chi connectivity index (χ4n) is 3.14. The van der Waals surface area contributed by atoms with E-state index >= 15 is 0 Å². The van der Waals surface area contributed by atoms with Crippen LogP contribution < -0.4 is 9.64 Å². The van der Waals surface area contributed by atoms with E-state index in [9.17, 15) is 9.18 Å². The number of carbonyl (C=O) groups is 1. The highest BCUT2D eigenvalue weighted by Crippen LogP contribution is 2.29. The number of nitrogens with zero attached hydrogens (tertiary/aromatic N) is 5. The first-order valence-corrected chi connectivity index (χ1v) is 10.0. The maximum Gasteiger partial charge on any atom is 0.303 e. The van der Waals surface area contributed by atoms with E-state index in [0.717, 1.165) is 12.8 Å². The van der Waals surface area contributed by atoms with E-state index in [1.165, 1.54) is 25.1 Å². The van der Waals surface area contributed by atoms with Crippen LogP contribution in [0.5, 0.6) is 5.75 Å². The van der Waals surface area contributed by atoms with Gasteiger partial charge in [-0.25, -0.2) is 4.39 Å². The van der Waals surface area contributed by atoms with E-state index in [4.69, 9.17) is 25.5 Å². The maximum atomic E-state index is 13.4. The third-order valence-electron chi connectivity index (χ3n) is 4.69. The van der Waals surface area contributed by atoms with Crippen molar-refractivity contribution in [1.82, 2.24) is 20.4 Å². The van der Waals surface area contributed by atoms with Crippen LogP contribution in [0.4, 0.5) is 10.2 Å². The zero-order chi connectivity index (χ0) is 21.8. The van der Waals surface area contributed by atoms with Crippen LogP contribution in [-0.2, 0) is 16.1 Å². The highest BCUT2D eigenvalue weighted by molar-refractivity contribution is 6.32.